The first kappa shape index (κ1) is 18.7. The van der Waals surface area contributed by atoms with Crippen molar-refractivity contribution in [3.8, 4) is 5.75 Å². The van der Waals surface area contributed by atoms with Crippen molar-refractivity contribution < 1.29 is 26.3 Å². The lowest BCUT2D eigenvalue weighted by Gasteiger charge is -2.30. The summed E-state index contributed by atoms with van der Waals surface area (Å²) in [5.41, 5.74) is 5.11. The minimum atomic E-state index is -4.89. The number of nitrogens with one attached hydrogen (secondary N) is 1. The van der Waals surface area contributed by atoms with E-state index in [1.165, 1.54) is 12.1 Å². The van der Waals surface area contributed by atoms with Crippen molar-refractivity contribution in [2.24, 2.45) is 11.1 Å². The highest BCUT2D eigenvalue weighted by Crippen LogP contribution is 2.26. The lowest BCUT2D eigenvalue weighted by Crippen LogP contribution is -2.48. The van der Waals surface area contributed by atoms with E-state index in [2.05, 4.69) is 9.46 Å². The Hall–Kier alpha value is -1.32. The molecule has 9 heteroatoms. The molecule has 1 aromatic rings. The second-order valence-electron chi connectivity index (χ2n) is 5.80. The van der Waals surface area contributed by atoms with Crippen molar-refractivity contribution in [2.45, 2.75) is 38.1 Å². The maximum Gasteiger partial charge on any atom is 0.573 e. The maximum absolute atomic E-state index is 12.3. The molecule has 0 aromatic heterocycles. The van der Waals surface area contributed by atoms with Gasteiger partial charge in [0, 0.05) is 18.7 Å². The van der Waals surface area contributed by atoms with Crippen LogP contribution in [0.5, 0.6) is 5.75 Å². The molecule has 0 bridgehead atoms. The molecule has 0 fully saturated rings. The van der Waals surface area contributed by atoms with Gasteiger partial charge in [-0.25, -0.2) is 13.1 Å². The summed E-state index contributed by atoms with van der Waals surface area (Å²) in [4.78, 5) is -0.322. The van der Waals surface area contributed by atoms with Crippen LogP contribution in [0.3, 0.4) is 0 Å². The van der Waals surface area contributed by atoms with Crippen LogP contribution in [0.4, 0.5) is 13.2 Å². The predicted molar refractivity (Wildman–Crippen MR) is 75.7 cm³/mol. The summed E-state index contributed by atoms with van der Waals surface area (Å²) in [7, 11) is -4.01. The minimum Gasteiger partial charge on any atom is -0.406 e. The van der Waals surface area contributed by atoms with Crippen LogP contribution in [0.15, 0.2) is 29.2 Å². The number of nitrogens with two attached hydrogens (primary N) is 1. The molecule has 3 N–H and O–H groups in total. The molecule has 126 valence electrons. The summed E-state index contributed by atoms with van der Waals surface area (Å²) >= 11 is 0. The summed E-state index contributed by atoms with van der Waals surface area (Å²) in [5.74, 6) is -0.601. The third-order valence-corrected chi connectivity index (χ3v) is 4.40. The average molecular weight is 340 g/mol. The summed E-state index contributed by atoms with van der Waals surface area (Å²) in [6.45, 7) is 5.46. The first-order valence-corrected chi connectivity index (χ1v) is 7.92. The minimum absolute atomic E-state index is 0.0570. The van der Waals surface area contributed by atoms with Gasteiger partial charge in [-0.3, -0.25) is 0 Å². The number of sulfonamides is 1. The standard InChI is InChI=1S/C13H19F3N2O3S/c1-12(2,3)11(8-17)18-22(19,20)10-6-4-5-9(7-10)21-13(14,15)16/h4-7,11,18H,8,17H2,1-3H3. The predicted octanol–water partition coefficient (Wildman–Crippen LogP) is 2.24. The van der Waals surface area contributed by atoms with Crippen molar-refractivity contribution in [3.05, 3.63) is 24.3 Å². The molecule has 1 atom stereocenters. The maximum atomic E-state index is 12.3. The fraction of sp³-hybridized carbons (Fsp3) is 0.538. The Bertz CT molecular complexity index is 610. The molecule has 0 aliphatic carbocycles. The summed E-state index contributed by atoms with van der Waals surface area (Å²) < 4.78 is 67.2. The molecule has 0 aliphatic heterocycles. The SMILES string of the molecule is CC(C)(C)C(CN)NS(=O)(=O)c1cccc(OC(F)(F)F)c1. The van der Waals surface area contributed by atoms with Crippen LogP contribution in [0.25, 0.3) is 0 Å². The molecule has 0 spiro atoms. The lowest BCUT2D eigenvalue weighted by atomic mass is 9.88. The van der Waals surface area contributed by atoms with Crippen LogP contribution in [0, 0.1) is 5.41 Å². The van der Waals surface area contributed by atoms with Gasteiger partial charge in [-0.2, -0.15) is 0 Å². The van der Waals surface area contributed by atoms with Crippen molar-refractivity contribution in [1.82, 2.24) is 4.72 Å². The first-order valence-electron chi connectivity index (χ1n) is 6.43. The third kappa shape index (κ3) is 5.47. The number of hydrogen-bond acceptors (Lipinski definition) is 4. The van der Waals surface area contributed by atoms with Gasteiger partial charge in [0.2, 0.25) is 10.0 Å². The van der Waals surface area contributed by atoms with Gasteiger partial charge in [0.25, 0.3) is 0 Å². The number of ether oxygens (including phenoxy) is 1. The largest absolute Gasteiger partial charge is 0.573 e. The zero-order chi connectivity index (χ0) is 17.2. The normalized spacial score (nSPS) is 14.7. The van der Waals surface area contributed by atoms with Crippen LogP contribution in [-0.4, -0.2) is 27.4 Å². The van der Waals surface area contributed by atoms with Gasteiger partial charge in [-0.05, 0) is 17.5 Å². The molecule has 0 amide bonds. The smallest absolute Gasteiger partial charge is 0.406 e. The van der Waals surface area contributed by atoms with E-state index < -0.39 is 33.6 Å². The number of benzene rings is 1. The molecule has 0 aliphatic rings. The number of alkyl halides is 3. The Labute approximate surface area is 127 Å². The number of halogens is 3. The van der Waals surface area contributed by atoms with Gasteiger partial charge in [0.15, 0.2) is 0 Å². The third-order valence-electron chi connectivity index (χ3n) is 2.93. The molecular weight excluding hydrogens is 321 g/mol. The fourth-order valence-corrected chi connectivity index (χ4v) is 3.16. The van der Waals surface area contributed by atoms with Gasteiger partial charge in [-0.15, -0.1) is 13.2 Å². The Morgan fingerprint density at radius 1 is 1.27 bits per heavy atom. The fourth-order valence-electron chi connectivity index (χ4n) is 1.67. The molecule has 0 radical (unpaired) electrons. The van der Waals surface area contributed by atoms with E-state index in [0.29, 0.717) is 0 Å². The van der Waals surface area contributed by atoms with Crippen LogP contribution in [-0.2, 0) is 10.0 Å². The number of hydrogen-bond donors (Lipinski definition) is 2. The molecule has 0 saturated heterocycles. The van der Waals surface area contributed by atoms with Crippen molar-refractivity contribution in [3.63, 3.8) is 0 Å². The second kappa shape index (κ2) is 6.43. The highest BCUT2D eigenvalue weighted by Gasteiger charge is 2.32. The summed E-state index contributed by atoms with van der Waals surface area (Å²) in [6.07, 6.45) is -4.89. The zero-order valence-electron chi connectivity index (χ0n) is 12.4. The highest BCUT2D eigenvalue weighted by atomic mass is 32.2. The summed E-state index contributed by atoms with van der Waals surface area (Å²) in [6, 6.07) is 3.62. The highest BCUT2D eigenvalue weighted by molar-refractivity contribution is 7.89. The van der Waals surface area contributed by atoms with Crippen LogP contribution in [0.1, 0.15) is 20.8 Å². The monoisotopic (exact) mass is 340 g/mol. The van der Waals surface area contributed by atoms with Gasteiger partial charge < -0.3 is 10.5 Å². The second-order valence-corrected chi connectivity index (χ2v) is 7.51. The molecule has 0 heterocycles. The van der Waals surface area contributed by atoms with Gasteiger partial charge >= 0.3 is 6.36 Å². The van der Waals surface area contributed by atoms with Crippen LogP contribution in [0.2, 0.25) is 0 Å². The van der Waals surface area contributed by atoms with E-state index >= 15 is 0 Å². The molecular formula is C13H19F3N2O3S. The van der Waals surface area contributed by atoms with Crippen molar-refractivity contribution >= 4 is 10.0 Å². The zero-order valence-corrected chi connectivity index (χ0v) is 13.3. The molecule has 1 unspecified atom stereocenters. The van der Waals surface area contributed by atoms with Gasteiger partial charge in [0.05, 0.1) is 4.90 Å². The number of rotatable bonds is 5. The molecule has 22 heavy (non-hydrogen) atoms. The van der Waals surface area contributed by atoms with Crippen molar-refractivity contribution in [2.75, 3.05) is 6.54 Å². The molecule has 5 nitrogen and oxygen atoms in total. The Morgan fingerprint density at radius 2 is 1.86 bits per heavy atom. The van der Waals surface area contributed by atoms with E-state index in [-0.39, 0.29) is 11.4 Å². The Morgan fingerprint density at radius 3 is 2.32 bits per heavy atom. The quantitative estimate of drug-likeness (QED) is 0.861. The van der Waals surface area contributed by atoms with E-state index in [4.69, 9.17) is 5.73 Å². The average Bonchev–Trinajstić information content (AvgIpc) is 2.33. The van der Waals surface area contributed by atoms with Crippen LogP contribution < -0.4 is 15.2 Å². The van der Waals surface area contributed by atoms with Gasteiger partial charge in [-0.1, -0.05) is 26.8 Å². The topological polar surface area (TPSA) is 81.4 Å². The van der Waals surface area contributed by atoms with E-state index in [1.54, 1.807) is 20.8 Å². The van der Waals surface area contributed by atoms with Gasteiger partial charge in [0.1, 0.15) is 5.75 Å². The Kier molecular flexibility index (Phi) is 5.47. The van der Waals surface area contributed by atoms with E-state index in [1.807, 2.05) is 0 Å². The lowest BCUT2D eigenvalue weighted by molar-refractivity contribution is -0.274. The molecule has 1 aromatic carbocycles. The van der Waals surface area contributed by atoms with E-state index in [0.717, 1.165) is 12.1 Å². The first-order chi connectivity index (χ1) is 9.85. The van der Waals surface area contributed by atoms with Crippen molar-refractivity contribution in [1.29, 1.82) is 0 Å². The Balaban J connectivity index is 3.06. The summed E-state index contributed by atoms with van der Waals surface area (Å²) in [5, 5.41) is 0. The molecule has 0 saturated carbocycles. The molecule has 1 rings (SSSR count). The van der Waals surface area contributed by atoms with Crippen LogP contribution >= 0.6 is 0 Å². The van der Waals surface area contributed by atoms with E-state index in [9.17, 15) is 21.6 Å².